The van der Waals surface area contributed by atoms with Gasteiger partial charge >= 0.3 is 0 Å². The largest absolute Gasteiger partial charge is 0.341 e. The maximum atomic E-state index is 12.5. The predicted octanol–water partition coefficient (Wildman–Crippen LogP) is 1.46. The topological polar surface area (TPSA) is 35.6 Å². The molecular formula is C16H29N3O. The summed E-state index contributed by atoms with van der Waals surface area (Å²) in [6.07, 6.45) is 8.50. The third-order valence-corrected chi connectivity index (χ3v) is 4.97. The molecule has 1 aliphatic carbocycles. The van der Waals surface area contributed by atoms with E-state index in [-0.39, 0.29) is 0 Å². The predicted molar refractivity (Wildman–Crippen MR) is 80.6 cm³/mol. The van der Waals surface area contributed by atoms with Crippen LogP contribution in [0.2, 0.25) is 0 Å². The summed E-state index contributed by atoms with van der Waals surface area (Å²) in [6.45, 7) is 6.44. The number of hydrogen-bond donors (Lipinski definition) is 1. The van der Waals surface area contributed by atoms with Crippen LogP contribution >= 0.6 is 0 Å². The number of hydrogen-bond acceptors (Lipinski definition) is 3. The molecule has 2 aliphatic heterocycles. The first kappa shape index (κ1) is 14.3. The van der Waals surface area contributed by atoms with Crippen LogP contribution < -0.4 is 5.32 Å². The van der Waals surface area contributed by atoms with Gasteiger partial charge < -0.3 is 15.1 Å². The van der Waals surface area contributed by atoms with E-state index in [1.54, 1.807) is 0 Å². The van der Waals surface area contributed by atoms with Crippen LogP contribution in [0.5, 0.6) is 0 Å². The van der Waals surface area contributed by atoms with Gasteiger partial charge in [-0.1, -0.05) is 0 Å². The Labute approximate surface area is 122 Å². The lowest BCUT2D eigenvalue weighted by atomic mass is 10.2. The Balaban J connectivity index is 1.45. The third kappa shape index (κ3) is 4.19. The van der Waals surface area contributed by atoms with Gasteiger partial charge in [-0.25, -0.2) is 0 Å². The fraction of sp³-hybridized carbons (Fsp3) is 0.938. The summed E-state index contributed by atoms with van der Waals surface area (Å²) in [7, 11) is 0. The second-order valence-electron chi connectivity index (χ2n) is 6.83. The molecule has 1 atom stereocenters. The summed E-state index contributed by atoms with van der Waals surface area (Å²) in [6, 6.07) is 0.546. The SMILES string of the molecule is O=C(CCN1CCCC1)N(CC1CC1)CC1CCCN1. The number of carbonyl (C=O) groups excluding carboxylic acids is 1. The van der Waals surface area contributed by atoms with Crippen molar-refractivity contribution in [2.75, 3.05) is 39.3 Å². The van der Waals surface area contributed by atoms with Gasteiger partial charge in [0.25, 0.3) is 0 Å². The van der Waals surface area contributed by atoms with E-state index in [0.717, 1.165) is 38.5 Å². The van der Waals surface area contributed by atoms with Crippen molar-refractivity contribution in [2.24, 2.45) is 5.92 Å². The monoisotopic (exact) mass is 279 g/mol. The van der Waals surface area contributed by atoms with Gasteiger partial charge in [0.1, 0.15) is 0 Å². The Bertz CT molecular complexity index is 318. The lowest BCUT2D eigenvalue weighted by molar-refractivity contribution is -0.132. The second-order valence-corrected chi connectivity index (χ2v) is 6.83. The van der Waals surface area contributed by atoms with Crippen LogP contribution in [0.1, 0.15) is 44.9 Å². The van der Waals surface area contributed by atoms with Gasteiger partial charge in [0.15, 0.2) is 0 Å². The Hall–Kier alpha value is -0.610. The molecule has 1 saturated carbocycles. The summed E-state index contributed by atoms with van der Waals surface area (Å²) in [5.74, 6) is 1.18. The zero-order valence-corrected chi connectivity index (χ0v) is 12.6. The van der Waals surface area contributed by atoms with Gasteiger partial charge in [0, 0.05) is 32.1 Å². The minimum absolute atomic E-state index is 0.387. The molecule has 0 aromatic heterocycles. The lowest BCUT2D eigenvalue weighted by Crippen LogP contribution is -2.43. The van der Waals surface area contributed by atoms with E-state index in [0.29, 0.717) is 11.9 Å². The Morgan fingerprint density at radius 1 is 1.10 bits per heavy atom. The van der Waals surface area contributed by atoms with Crippen molar-refractivity contribution < 1.29 is 4.79 Å². The van der Waals surface area contributed by atoms with Crippen LogP contribution in [0.4, 0.5) is 0 Å². The molecule has 3 aliphatic rings. The summed E-state index contributed by atoms with van der Waals surface area (Å²) in [5, 5.41) is 3.53. The number of likely N-dealkylation sites (tertiary alicyclic amines) is 1. The molecular weight excluding hydrogens is 250 g/mol. The van der Waals surface area contributed by atoms with Crippen molar-refractivity contribution >= 4 is 5.91 Å². The smallest absolute Gasteiger partial charge is 0.223 e. The van der Waals surface area contributed by atoms with E-state index >= 15 is 0 Å². The molecule has 0 spiro atoms. The fourth-order valence-electron chi connectivity index (χ4n) is 3.49. The molecule has 1 amide bonds. The van der Waals surface area contributed by atoms with Crippen molar-refractivity contribution in [1.82, 2.24) is 15.1 Å². The quantitative estimate of drug-likeness (QED) is 0.766. The summed E-state index contributed by atoms with van der Waals surface area (Å²) in [5.41, 5.74) is 0. The molecule has 1 unspecified atom stereocenters. The minimum atomic E-state index is 0.387. The molecule has 0 radical (unpaired) electrons. The molecule has 4 heteroatoms. The van der Waals surface area contributed by atoms with E-state index in [1.807, 2.05) is 0 Å². The van der Waals surface area contributed by atoms with Crippen LogP contribution in [-0.2, 0) is 4.79 Å². The van der Waals surface area contributed by atoms with Gasteiger partial charge in [-0.3, -0.25) is 4.79 Å². The molecule has 2 saturated heterocycles. The van der Waals surface area contributed by atoms with Gasteiger partial charge in [0.05, 0.1) is 0 Å². The normalized spacial score (nSPS) is 27.1. The number of nitrogens with zero attached hydrogens (tertiary/aromatic N) is 2. The Morgan fingerprint density at radius 2 is 1.90 bits per heavy atom. The van der Waals surface area contributed by atoms with Crippen molar-refractivity contribution in [2.45, 2.75) is 51.0 Å². The molecule has 20 heavy (non-hydrogen) atoms. The van der Waals surface area contributed by atoms with E-state index in [4.69, 9.17) is 0 Å². The molecule has 3 fully saturated rings. The summed E-state index contributed by atoms with van der Waals surface area (Å²) < 4.78 is 0. The second kappa shape index (κ2) is 6.90. The van der Waals surface area contributed by atoms with E-state index in [2.05, 4.69) is 15.1 Å². The van der Waals surface area contributed by atoms with Crippen molar-refractivity contribution in [3.8, 4) is 0 Å². The first-order chi connectivity index (χ1) is 9.81. The highest BCUT2D eigenvalue weighted by atomic mass is 16.2. The van der Waals surface area contributed by atoms with E-state index in [9.17, 15) is 4.79 Å². The van der Waals surface area contributed by atoms with Crippen LogP contribution in [-0.4, -0.2) is 61.0 Å². The van der Waals surface area contributed by atoms with Gasteiger partial charge in [0.2, 0.25) is 5.91 Å². The molecule has 2 heterocycles. The molecule has 3 rings (SSSR count). The number of amides is 1. The first-order valence-corrected chi connectivity index (χ1v) is 8.55. The lowest BCUT2D eigenvalue weighted by Gasteiger charge is -2.27. The van der Waals surface area contributed by atoms with Crippen LogP contribution in [0.3, 0.4) is 0 Å². The maximum Gasteiger partial charge on any atom is 0.223 e. The van der Waals surface area contributed by atoms with Crippen LogP contribution in [0.25, 0.3) is 0 Å². The highest BCUT2D eigenvalue weighted by Gasteiger charge is 2.29. The summed E-state index contributed by atoms with van der Waals surface area (Å²) >= 11 is 0. The minimum Gasteiger partial charge on any atom is -0.341 e. The molecule has 0 aromatic rings. The standard InChI is InChI=1S/C16H29N3O/c20-16(7-11-18-9-1-2-10-18)19(12-14-5-6-14)13-15-4-3-8-17-15/h14-15,17H,1-13H2. The highest BCUT2D eigenvalue weighted by Crippen LogP contribution is 2.30. The van der Waals surface area contributed by atoms with Gasteiger partial charge in [-0.05, 0) is 64.1 Å². The highest BCUT2D eigenvalue weighted by molar-refractivity contribution is 5.76. The van der Waals surface area contributed by atoms with Crippen LogP contribution in [0, 0.1) is 5.92 Å². The Kier molecular flexibility index (Phi) is 4.94. The molecule has 0 aromatic carbocycles. The zero-order valence-electron chi connectivity index (χ0n) is 12.6. The molecule has 0 bridgehead atoms. The first-order valence-electron chi connectivity index (χ1n) is 8.55. The van der Waals surface area contributed by atoms with Gasteiger partial charge in [-0.2, -0.15) is 0 Å². The average molecular weight is 279 g/mol. The van der Waals surface area contributed by atoms with E-state index in [1.165, 1.54) is 51.6 Å². The molecule has 1 N–H and O–H groups in total. The molecule has 4 nitrogen and oxygen atoms in total. The Morgan fingerprint density at radius 3 is 2.55 bits per heavy atom. The third-order valence-electron chi connectivity index (χ3n) is 4.97. The maximum absolute atomic E-state index is 12.5. The van der Waals surface area contributed by atoms with Gasteiger partial charge in [-0.15, -0.1) is 0 Å². The molecule has 114 valence electrons. The number of nitrogens with one attached hydrogen (secondary N) is 1. The fourth-order valence-corrected chi connectivity index (χ4v) is 3.49. The zero-order chi connectivity index (χ0) is 13.8. The summed E-state index contributed by atoms with van der Waals surface area (Å²) in [4.78, 5) is 17.1. The van der Waals surface area contributed by atoms with E-state index < -0.39 is 0 Å². The van der Waals surface area contributed by atoms with Crippen molar-refractivity contribution in [3.63, 3.8) is 0 Å². The number of carbonyl (C=O) groups is 1. The van der Waals surface area contributed by atoms with Crippen molar-refractivity contribution in [1.29, 1.82) is 0 Å². The average Bonchev–Trinajstić information content (AvgIpc) is 2.95. The van der Waals surface area contributed by atoms with Crippen molar-refractivity contribution in [3.05, 3.63) is 0 Å². The number of rotatable bonds is 7. The van der Waals surface area contributed by atoms with Crippen LogP contribution in [0.15, 0.2) is 0 Å².